The van der Waals surface area contributed by atoms with Gasteiger partial charge in [-0.1, -0.05) is 41.9 Å². The van der Waals surface area contributed by atoms with Crippen molar-refractivity contribution in [1.82, 2.24) is 4.98 Å². The number of para-hydroxylation sites is 1. The number of hydrogen-bond acceptors (Lipinski definition) is 2. The maximum absolute atomic E-state index is 12.1. The predicted octanol–water partition coefficient (Wildman–Crippen LogP) is 4.54. The first-order chi connectivity index (χ1) is 10.7. The first kappa shape index (κ1) is 14.3. The minimum absolute atomic E-state index is 0.189. The molecule has 1 amide bonds. The minimum atomic E-state index is -0.189. The molecule has 0 radical (unpaired) electrons. The van der Waals surface area contributed by atoms with E-state index in [1.165, 1.54) is 6.08 Å². The quantitative estimate of drug-likeness (QED) is 0.722. The van der Waals surface area contributed by atoms with Crippen LogP contribution in [0, 0.1) is 0 Å². The van der Waals surface area contributed by atoms with Gasteiger partial charge in [-0.3, -0.25) is 9.78 Å². The van der Waals surface area contributed by atoms with Gasteiger partial charge in [0.05, 0.1) is 11.2 Å². The lowest BCUT2D eigenvalue weighted by atomic mass is 10.2. The summed E-state index contributed by atoms with van der Waals surface area (Å²) in [5.74, 6) is -0.189. The maximum Gasteiger partial charge on any atom is 0.248 e. The highest BCUT2D eigenvalue weighted by molar-refractivity contribution is 6.30. The molecule has 2 aromatic carbocycles. The molecular weight excluding hydrogens is 296 g/mol. The molecule has 0 unspecified atom stereocenters. The van der Waals surface area contributed by atoms with Crippen molar-refractivity contribution in [2.45, 2.75) is 0 Å². The highest BCUT2D eigenvalue weighted by Crippen LogP contribution is 2.20. The van der Waals surface area contributed by atoms with E-state index in [9.17, 15) is 4.79 Å². The third-order valence-electron chi connectivity index (χ3n) is 3.20. The van der Waals surface area contributed by atoms with Gasteiger partial charge in [-0.05, 0) is 35.9 Å². The molecule has 0 saturated heterocycles. The number of rotatable bonds is 3. The summed E-state index contributed by atoms with van der Waals surface area (Å²) in [5.41, 5.74) is 2.51. The van der Waals surface area contributed by atoms with Gasteiger partial charge in [-0.15, -0.1) is 0 Å². The number of aromatic nitrogens is 1. The zero-order chi connectivity index (χ0) is 15.4. The molecule has 3 nitrogen and oxygen atoms in total. The van der Waals surface area contributed by atoms with Crippen molar-refractivity contribution in [2.75, 3.05) is 5.32 Å². The van der Waals surface area contributed by atoms with Gasteiger partial charge < -0.3 is 5.32 Å². The molecular formula is C18H13ClN2O. The fourth-order valence-corrected chi connectivity index (χ4v) is 2.25. The zero-order valence-electron chi connectivity index (χ0n) is 11.7. The molecule has 0 aliphatic carbocycles. The fourth-order valence-electron chi connectivity index (χ4n) is 2.13. The van der Waals surface area contributed by atoms with Crippen molar-refractivity contribution in [1.29, 1.82) is 0 Å². The van der Waals surface area contributed by atoms with E-state index in [2.05, 4.69) is 10.3 Å². The molecule has 0 aliphatic rings. The lowest BCUT2D eigenvalue weighted by molar-refractivity contribution is -0.111. The Balaban J connectivity index is 1.77. The van der Waals surface area contributed by atoms with E-state index >= 15 is 0 Å². The number of amides is 1. The van der Waals surface area contributed by atoms with Crippen LogP contribution in [0.1, 0.15) is 5.56 Å². The van der Waals surface area contributed by atoms with Gasteiger partial charge in [0, 0.05) is 22.7 Å². The van der Waals surface area contributed by atoms with Gasteiger partial charge in [0.1, 0.15) is 0 Å². The topological polar surface area (TPSA) is 42.0 Å². The van der Waals surface area contributed by atoms with E-state index in [0.717, 1.165) is 22.2 Å². The van der Waals surface area contributed by atoms with Crippen molar-refractivity contribution in [2.24, 2.45) is 0 Å². The van der Waals surface area contributed by atoms with Gasteiger partial charge in [0.2, 0.25) is 5.91 Å². The van der Waals surface area contributed by atoms with Crippen LogP contribution in [0.5, 0.6) is 0 Å². The molecule has 0 saturated carbocycles. The van der Waals surface area contributed by atoms with Gasteiger partial charge in [-0.25, -0.2) is 0 Å². The van der Waals surface area contributed by atoms with Crippen LogP contribution in [0.15, 0.2) is 66.9 Å². The summed E-state index contributed by atoms with van der Waals surface area (Å²) in [6.45, 7) is 0. The van der Waals surface area contributed by atoms with E-state index in [1.54, 1.807) is 30.5 Å². The molecule has 3 aromatic rings. The average molecular weight is 309 g/mol. The fraction of sp³-hybridized carbons (Fsp3) is 0. The van der Waals surface area contributed by atoms with Crippen LogP contribution in [-0.4, -0.2) is 10.9 Å². The lowest BCUT2D eigenvalue weighted by Gasteiger charge is -2.06. The van der Waals surface area contributed by atoms with E-state index in [4.69, 9.17) is 11.6 Å². The Hall–Kier alpha value is -2.65. The van der Waals surface area contributed by atoms with Crippen LogP contribution in [0.2, 0.25) is 5.02 Å². The predicted molar refractivity (Wildman–Crippen MR) is 90.9 cm³/mol. The molecule has 22 heavy (non-hydrogen) atoms. The Kier molecular flexibility index (Phi) is 4.17. The monoisotopic (exact) mass is 308 g/mol. The summed E-state index contributed by atoms with van der Waals surface area (Å²) in [5, 5.41) is 4.46. The number of benzene rings is 2. The molecule has 1 heterocycles. The second kappa shape index (κ2) is 6.41. The smallest absolute Gasteiger partial charge is 0.248 e. The van der Waals surface area contributed by atoms with Crippen LogP contribution in [-0.2, 0) is 4.79 Å². The molecule has 4 heteroatoms. The number of anilines is 1. The number of carbonyl (C=O) groups is 1. The Bertz CT molecular complexity index is 836. The Morgan fingerprint density at radius 2 is 1.82 bits per heavy atom. The van der Waals surface area contributed by atoms with Crippen molar-refractivity contribution in [3.63, 3.8) is 0 Å². The van der Waals surface area contributed by atoms with Gasteiger partial charge in [0.15, 0.2) is 0 Å². The maximum atomic E-state index is 12.1. The molecule has 0 bridgehead atoms. The Morgan fingerprint density at radius 1 is 1.05 bits per heavy atom. The summed E-state index contributed by atoms with van der Waals surface area (Å²) in [6.07, 6.45) is 4.92. The number of fused-ring (bicyclic) bond motifs is 1. The van der Waals surface area contributed by atoms with E-state index in [1.807, 2.05) is 36.4 Å². The van der Waals surface area contributed by atoms with E-state index in [-0.39, 0.29) is 5.91 Å². The molecule has 0 aliphatic heterocycles. The largest absolute Gasteiger partial charge is 0.322 e. The van der Waals surface area contributed by atoms with E-state index in [0.29, 0.717) is 5.02 Å². The molecule has 108 valence electrons. The van der Waals surface area contributed by atoms with Crippen molar-refractivity contribution < 1.29 is 4.79 Å². The highest BCUT2D eigenvalue weighted by atomic mass is 35.5. The zero-order valence-corrected chi connectivity index (χ0v) is 12.4. The van der Waals surface area contributed by atoms with Crippen molar-refractivity contribution in [3.8, 4) is 0 Å². The first-order valence-electron chi connectivity index (χ1n) is 6.81. The number of nitrogens with one attached hydrogen (secondary N) is 1. The summed E-state index contributed by atoms with van der Waals surface area (Å²) in [4.78, 5) is 16.3. The number of halogens is 1. The number of nitrogens with zero attached hydrogens (tertiary/aromatic N) is 1. The molecule has 0 fully saturated rings. The van der Waals surface area contributed by atoms with Gasteiger partial charge >= 0.3 is 0 Å². The number of pyridine rings is 1. The first-order valence-corrected chi connectivity index (χ1v) is 7.18. The van der Waals surface area contributed by atoms with Crippen LogP contribution in [0.4, 0.5) is 5.69 Å². The van der Waals surface area contributed by atoms with Crippen molar-refractivity contribution >= 4 is 40.2 Å². The Morgan fingerprint density at radius 3 is 2.64 bits per heavy atom. The molecule has 0 spiro atoms. The van der Waals surface area contributed by atoms with Crippen LogP contribution < -0.4 is 5.32 Å². The average Bonchev–Trinajstić information content (AvgIpc) is 2.55. The summed E-state index contributed by atoms with van der Waals surface area (Å²) >= 11 is 5.83. The normalized spacial score (nSPS) is 11.0. The number of carbonyl (C=O) groups excluding carboxylic acids is 1. The third-order valence-corrected chi connectivity index (χ3v) is 3.46. The van der Waals surface area contributed by atoms with Crippen LogP contribution in [0.25, 0.3) is 17.0 Å². The molecule has 3 rings (SSSR count). The van der Waals surface area contributed by atoms with Crippen LogP contribution in [0.3, 0.4) is 0 Å². The summed E-state index contributed by atoms with van der Waals surface area (Å²) < 4.78 is 0. The standard InChI is InChI=1S/C18H13ClN2O/c19-14-8-5-13(6-9-14)7-10-18(22)21-17-11-12-20-16-4-2-1-3-15(16)17/h1-12H,(H,20,21,22). The summed E-state index contributed by atoms with van der Waals surface area (Å²) in [6, 6.07) is 16.8. The SMILES string of the molecule is O=C(C=Cc1ccc(Cl)cc1)Nc1ccnc2ccccc12. The molecule has 0 atom stereocenters. The van der Waals surface area contributed by atoms with Gasteiger partial charge in [0.25, 0.3) is 0 Å². The molecule has 1 aromatic heterocycles. The van der Waals surface area contributed by atoms with Crippen LogP contribution >= 0.6 is 11.6 Å². The third kappa shape index (κ3) is 3.32. The second-order valence-electron chi connectivity index (χ2n) is 4.75. The number of hydrogen-bond donors (Lipinski definition) is 1. The lowest BCUT2D eigenvalue weighted by Crippen LogP contribution is -2.08. The van der Waals surface area contributed by atoms with E-state index < -0.39 is 0 Å². The molecule has 1 N–H and O–H groups in total. The van der Waals surface area contributed by atoms with Crippen molar-refractivity contribution in [3.05, 3.63) is 77.5 Å². The Labute approximate surface area is 133 Å². The van der Waals surface area contributed by atoms with Gasteiger partial charge in [-0.2, -0.15) is 0 Å². The highest BCUT2D eigenvalue weighted by Gasteiger charge is 2.03. The second-order valence-corrected chi connectivity index (χ2v) is 5.19. The summed E-state index contributed by atoms with van der Waals surface area (Å²) in [7, 11) is 0. The minimum Gasteiger partial charge on any atom is -0.322 e.